The Morgan fingerprint density at radius 3 is 1.70 bits per heavy atom. The molecule has 0 aromatic rings. The molecule has 0 amide bonds. The topological polar surface area (TPSA) is 0 Å². The Bertz CT molecular complexity index is 73.8. The molecule has 2 heteroatoms. The Hall–Kier alpha value is 1.16. The molecule has 1 atom stereocenters. The fraction of sp³-hybridized carbons (Fsp3) is 1.00. The second kappa shape index (κ2) is 5.77. The first-order chi connectivity index (χ1) is 3.92. The normalized spacial score (nSPS) is 12.6. The summed E-state index contributed by atoms with van der Waals surface area (Å²) < 4.78 is 0. The van der Waals surface area contributed by atoms with Crippen LogP contribution in [0.5, 0.6) is 0 Å². The highest BCUT2D eigenvalue weighted by Gasteiger charge is 2.16. The van der Waals surface area contributed by atoms with Crippen LogP contribution in [0.4, 0.5) is 0 Å². The van der Waals surface area contributed by atoms with E-state index in [9.17, 15) is 0 Å². The monoisotopic (exact) mass is 274 g/mol. The molecule has 0 saturated carbocycles. The molecule has 0 nitrogen and oxygen atoms in total. The van der Waals surface area contributed by atoms with Gasteiger partial charge < -0.3 is 24.0 Å². The number of hydrogen-bond donors (Lipinski definition) is 0. The minimum atomic E-state index is 0. The van der Waals surface area contributed by atoms with Crippen molar-refractivity contribution in [1.29, 1.82) is 0 Å². The molecule has 0 bridgehead atoms. The molecular formula is C8H20IP. The first-order valence-electron chi connectivity index (χ1n) is 3.76. The first kappa shape index (κ1) is 13.7. The maximum atomic E-state index is 2.34. The lowest BCUT2D eigenvalue weighted by molar-refractivity contribution is -0.00000249. The summed E-state index contributed by atoms with van der Waals surface area (Å²) in [5, 5.41) is 0.615. The Morgan fingerprint density at radius 1 is 1.20 bits per heavy atom. The quantitative estimate of drug-likeness (QED) is 0.485. The van der Waals surface area contributed by atoms with Gasteiger partial charge in [-0.1, -0.05) is 13.8 Å². The van der Waals surface area contributed by atoms with Gasteiger partial charge in [-0.3, -0.25) is 0 Å². The van der Waals surface area contributed by atoms with Crippen molar-refractivity contribution in [3.05, 3.63) is 0 Å². The van der Waals surface area contributed by atoms with Gasteiger partial charge in [0, 0.05) is 0 Å². The maximum Gasteiger partial charge on any atom is 0.0670 e. The van der Waals surface area contributed by atoms with Crippen molar-refractivity contribution in [3.63, 3.8) is 0 Å². The Kier molecular flexibility index (Phi) is 7.92. The van der Waals surface area contributed by atoms with Crippen molar-refractivity contribution < 1.29 is 24.0 Å². The summed E-state index contributed by atoms with van der Waals surface area (Å²) in [6, 6.07) is 0. The standard InChI is InChI=1S/C8H19P.HI/c1-7(2)6-9-8(3,4)5;/h7,9H,6H2,1-5H3;1H. The molecule has 0 N–H and O–H groups in total. The molecule has 0 rings (SSSR count). The summed E-state index contributed by atoms with van der Waals surface area (Å²) in [7, 11) is 0.662. The highest BCUT2D eigenvalue weighted by molar-refractivity contribution is 7.39. The van der Waals surface area contributed by atoms with E-state index in [-0.39, 0.29) is 24.0 Å². The van der Waals surface area contributed by atoms with Gasteiger partial charge in [0.2, 0.25) is 0 Å². The van der Waals surface area contributed by atoms with Crippen LogP contribution in [0, 0.1) is 5.92 Å². The van der Waals surface area contributed by atoms with E-state index < -0.39 is 0 Å². The summed E-state index contributed by atoms with van der Waals surface area (Å²) >= 11 is 0. The zero-order chi connectivity index (χ0) is 7.49. The smallest absolute Gasteiger partial charge is 0.0670 e. The number of hydrogen-bond acceptors (Lipinski definition) is 0. The molecule has 0 aromatic carbocycles. The third kappa shape index (κ3) is 11.9. The van der Waals surface area contributed by atoms with E-state index in [0.29, 0.717) is 13.7 Å². The summed E-state index contributed by atoms with van der Waals surface area (Å²) in [5.74, 6) is 0.902. The molecule has 0 radical (unpaired) electrons. The lowest BCUT2D eigenvalue weighted by Crippen LogP contribution is -3.00. The van der Waals surface area contributed by atoms with Gasteiger partial charge in [0.1, 0.15) is 0 Å². The van der Waals surface area contributed by atoms with Gasteiger partial charge in [-0.25, -0.2) is 0 Å². The third-order valence-electron chi connectivity index (χ3n) is 1.20. The predicted molar refractivity (Wildman–Crippen MR) is 49.2 cm³/mol. The number of halogens is 1. The molecule has 0 aromatic heterocycles. The average Bonchev–Trinajstić information content (AvgIpc) is 1.59. The molecule has 0 saturated heterocycles. The minimum absolute atomic E-state index is 0. The van der Waals surface area contributed by atoms with Crippen molar-refractivity contribution in [2.24, 2.45) is 5.92 Å². The van der Waals surface area contributed by atoms with E-state index in [4.69, 9.17) is 0 Å². The molecule has 0 aliphatic rings. The fourth-order valence-corrected chi connectivity index (χ4v) is 1.77. The molecule has 0 aliphatic carbocycles. The van der Waals surface area contributed by atoms with Gasteiger partial charge in [-0.15, -0.1) is 0 Å². The molecule has 0 heterocycles. The van der Waals surface area contributed by atoms with Gasteiger partial charge in [0.05, 0.1) is 11.3 Å². The summed E-state index contributed by atoms with van der Waals surface area (Å²) in [6.45, 7) is 11.6. The third-order valence-corrected chi connectivity index (χ3v) is 3.60. The molecule has 0 fully saturated rings. The zero-order valence-electron chi connectivity index (χ0n) is 7.74. The van der Waals surface area contributed by atoms with Gasteiger partial charge in [-0.2, -0.15) is 0 Å². The van der Waals surface area contributed by atoms with E-state index in [0.717, 1.165) is 5.92 Å². The van der Waals surface area contributed by atoms with E-state index in [1.807, 2.05) is 0 Å². The second-order valence-electron chi connectivity index (χ2n) is 4.20. The van der Waals surface area contributed by atoms with Crippen molar-refractivity contribution in [2.45, 2.75) is 39.8 Å². The summed E-state index contributed by atoms with van der Waals surface area (Å²) in [6.07, 6.45) is 1.45. The fourth-order valence-electron chi connectivity index (χ4n) is 0.589. The second-order valence-corrected chi connectivity index (χ2v) is 6.81. The van der Waals surface area contributed by atoms with Crippen LogP contribution >= 0.6 is 8.58 Å². The molecule has 10 heavy (non-hydrogen) atoms. The highest BCUT2D eigenvalue weighted by Crippen LogP contribution is 2.31. The Labute approximate surface area is 84.4 Å². The van der Waals surface area contributed by atoms with Crippen LogP contribution < -0.4 is 24.0 Å². The lowest BCUT2D eigenvalue weighted by Gasteiger charge is -2.12. The molecule has 1 unspecified atom stereocenters. The van der Waals surface area contributed by atoms with E-state index >= 15 is 0 Å². The van der Waals surface area contributed by atoms with E-state index in [1.165, 1.54) is 6.16 Å². The van der Waals surface area contributed by atoms with Gasteiger partial charge in [0.15, 0.2) is 0 Å². The van der Waals surface area contributed by atoms with Crippen LogP contribution in [0.3, 0.4) is 0 Å². The largest absolute Gasteiger partial charge is 1.00 e. The molecule has 64 valence electrons. The first-order valence-corrected chi connectivity index (χ1v) is 5.15. The van der Waals surface area contributed by atoms with E-state index in [1.54, 1.807) is 0 Å². The predicted octanol–water partition coefficient (Wildman–Crippen LogP) is -0.144. The zero-order valence-corrected chi connectivity index (χ0v) is 11.1. The van der Waals surface area contributed by atoms with Gasteiger partial charge in [-0.05, 0) is 35.3 Å². The van der Waals surface area contributed by atoms with E-state index in [2.05, 4.69) is 34.6 Å². The van der Waals surface area contributed by atoms with Crippen molar-refractivity contribution in [3.8, 4) is 0 Å². The molecule has 0 aliphatic heterocycles. The molecule has 0 spiro atoms. The van der Waals surface area contributed by atoms with Gasteiger partial charge in [0.25, 0.3) is 0 Å². The number of rotatable bonds is 2. The van der Waals surface area contributed by atoms with Crippen molar-refractivity contribution >= 4 is 8.58 Å². The summed E-state index contributed by atoms with van der Waals surface area (Å²) in [5.41, 5.74) is 0. The Balaban J connectivity index is 0. The van der Waals surface area contributed by atoms with Crippen LogP contribution in [-0.2, 0) is 0 Å². The van der Waals surface area contributed by atoms with Crippen LogP contribution in [0.1, 0.15) is 34.6 Å². The SMILES string of the molecule is CC(C)C[PH2+]C(C)(C)C.[I-]. The summed E-state index contributed by atoms with van der Waals surface area (Å²) in [4.78, 5) is 0. The van der Waals surface area contributed by atoms with Crippen molar-refractivity contribution in [2.75, 3.05) is 6.16 Å². The Morgan fingerprint density at radius 2 is 1.60 bits per heavy atom. The van der Waals surface area contributed by atoms with Crippen LogP contribution in [0.15, 0.2) is 0 Å². The van der Waals surface area contributed by atoms with Crippen LogP contribution in [0.25, 0.3) is 0 Å². The minimum Gasteiger partial charge on any atom is -1.00 e. The maximum absolute atomic E-state index is 2.34. The average molecular weight is 274 g/mol. The molecular weight excluding hydrogens is 254 g/mol. The van der Waals surface area contributed by atoms with Crippen LogP contribution in [0.2, 0.25) is 0 Å². The van der Waals surface area contributed by atoms with Gasteiger partial charge >= 0.3 is 0 Å². The van der Waals surface area contributed by atoms with Crippen LogP contribution in [-0.4, -0.2) is 11.3 Å². The lowest BCUT2D eigenvalue weighted by atomic mass is 10.2. The van der Waals surface area contributed by atoms with Crippen molar-refractivity contribution in [1.82, 2.24) is 0 Å². The highest BCUT2D eigenvalue weighted by atomic mass is 127.